The molecule has 0 saturated heterocycles. The predicted molar refractivity (Wildman–Crippen MR) is 112 cm³/mol. The Morgan fingerprint density at radius 1 is 1.26 bits per heavy atom. The molecular weight excluding hydrogens is 428 g/mol. The SMILES string of the molecule is CCCOc1cccc(C(=O)Nc2nc(-c3ccc(OC)c(Br)c3)cs2)c1. The zero-order valence-electron chi connectivity index (χ0n) is 15.0. The summed E-state index contributed by atoms with van der Waals surface area (Å²) in [5.41, 5.74) is 2.26. The molecule has 27 heavy (non-hydrogen) atoms. The molecule has 7 heteroatoms. The number of benzene rings is 2. The molecule has 0 bridgehead atoms. The van der Waals surface area contributed by atoms with Gasteiger partial charge in [-0.15, -0.1) is 11.3 Å². The Hall–Kier alpha value is -2.38. The van der Waals surface area contributed by atoms with Crippen LogP contribution >= 0.6 is 27.3 Å². The van der Waals surface area contributed by atoms with Crippen LogP contribution in [0.3, 0.4) is 0 Å². The zero-order chi connectivity index (χ0) is 19.2. The molecule has 1 amide bonds. The third kappa shape index (κ3) is 4.87. The first-order valence-electron chi connectivity index (χ1n) is 8.44. The quantitative estimate of drug-likeness (QED) is 0.511. The van der Waals surface area contributed by atoms with Crippen LogP contribution in [0.4, 0.5) is 5.13 Å². The van der Waals surface area contributed by atoms with Crippen LogP contribution in [0.2, 0.25) is 0 Å². The Morgan fingerprint density at radius 2 is 2.11 bits per heavy atom. The number of carbonyl (C=O) groups is 1. The minimum atomic E-state index is -0.214. The number of ether oxygens (including phenoxy) is 2. The summed E-state index contributed by atoms with van der Waals surface area (Å²) in [6.07, 6.45) is 0.916. The van der Waals surface area contributed by atoms with E-state index in [-0.39, 0.29) is 5.91 Å². The number of anilines is 1. The fourth-order valence-corrected chi connectivity index (χ4v) is 3.66. The summed E-state index contributed by atoms with van der Waals surface area (Å²) in [5.74, 6) is 1.23. The summed E-state index contributed by atoms with van der Waals surface area (Å²) in [6, 6.07) is 12.9. The fourth-order valence-electron chi connectivity index (χ4n) is 2.41. The molecule has 0 saturated carbocycles. The van der Waals surface area contributed by atoms with Gasteiger partial charge >= 0.3 is 0 Å². The molecule has 2 aromatic carbocycles. The van der Waals surface area contributed by atoms with E-state index in [9.17, 15) is 4.79 Å². The highest BCUT2D eigenvalue weighted by Gasteiger charge is 2.12. The number of hydrogen-bond donors (Lipinski definition) is 1. The van der Waals surface area contributed by atoms with Crippen molar-refractivity contribution >= 4 is 38.3 Å². The Kier molecular flexibility index (Phi) is 6.47. The molecule has 3 rings (SSSR count). The fraction of sp³-hybridized carbons (Fsp3) is 0.200. The Morgan fingerprint density at radius 3 is 2.85 bits per heavy atom. The van der Waals surface area contributed by atoms with E-state index in [1.165, 1.54) is 11.3 Å². The molecule has 3 aromatic rings. The summed E-state index contributed by atoms with van der Waals surface area (Å²) < 4.78 is 11.7. The minimum Gasteiger partial charge on any atom is -0.496 e. The van der Waals surface area contributed by atoms with E-state index >= 15 is 0 Å². The van der Waals surface area contributed by atoms with Crippen molar-refractivity contribution < 1.29 is 14.3 Å². The van der Waals surface area contributed by atoms with Gasteiger partial charge in [0.25, 0.3) is 5.91 Å². The van der Waals surface area contributed by atoms with Crippen molar-refractivity contribution in [2.75, 3.05) is 19.0 Å². The number of thiazole rings is 1. The summed E-state index contributed by atoms with van der Waals surface area (Å²) in [5, 5.41) is 5.30. The summed E-state index contributed by atoms with van der Waals surface area (Å²) in [6.45, 7) is 2.66. The molecule has 1 heterocycles. The molecule has 0 atom stereocenters. The van der Waals surface area contributed by atoms with Gasteiger partial charge in [-0.3, -0.25) is 10.1 Å². The van der Waals surface area contributed by atoms with Crippen molar-refractivity contribution in [3.63, 3.8) is 0 Å². The van der Waals surface area contributed by atoms with E-state index < -0.39 is 0 Å². The first kappa shape index (κ1) is 19.4. The van der Waals surface area contributed by atoms with Crippen molar-refractivity contribution in [2.24, 2.45) is 0 Å². The maximum absolute atomic E-state index is 12.5. The van der Waals surface area contributed by atoms with Crippen LogP contribution in [0, 0.1) is 0 Å². The molecule has 0 aliphatic heterocycles. The number of halogens is 1. The average Bonchev–Trinajstić information content (AvgIpc) is 3.15. The molecule has 140 valence electrons. The first-order valence-corrected chi connectivity index (χ1v) is 10.1. The van der Waals surface area contributed by atoms with Crippen molar-refractivity contribution in [3.8, 4) is 22.8 Å². The number of methoxy groups -OCH3 is 1. The van der Waals surface area contributed by atoms with E-state index in [1.807, 2.05) is 42.6 Å². The highest BCUT2D eigenvalue weighted by atomic mass is 79.9. The Bertz CT molecular complexity index is 942. The lowest BCUT2D eigenvalue weighted by molar-refractivity contribution is 0.102. The van der Waals surface area contributed by atoms with Crippen molar-refractivity contribution in [3.05, 3.63) is 57.9 Å². The molecule has 0 aliphatic carbocycles. The van der Waals surface area contributed by atoms with Crippen LogP contribution in [-0.4, -0.2) is 24.6 Å². The van der Waals surface area contributed by atoms with Crippen LogP contribution < -0.4 is 14.8 Å². The zero-order valence-corrected chi connectivity index (χ0v) is 17.4. The minimum absolute atomic E-state index is 0.214. The lowest BCUT2D eigenvalue weighted by atomic mass is 10.2. The van der Waals surface area contributed by atoms with Crippen LogP contribution in [0.1, 0.15) is 23.7 Å². The molecular formula is C20H19BrN2O3S. The second-order valence-corrected chi connectivity index (χ2v) is 7.43. The van der Waals surface area contributed by atoms with E-state index in [2.05, 4.69) is 26.2 Å². The largest absolute Gasteiger partial charge is 0.496 e. The third-order valence-corrected chi connectivity index (χ3v) is 5.12. The summed E-state index contributed by atoms with van der Waals surface area (Å²) in [7, 11) is 1.62. The van der Waals surface area contributed by atoms with Gasteiger partial charge in [0.2, 0.25) is 0 Å². The first-order chi connectivity index (χ1) is 13.1. The molecule has 1 aromatic heterocycles. The van der Waals surface area contributed by atoms with Gasteiger partial charge in [-0.05, 0) is 58.7 Å². The van der Waals surface area contributed by atoms with Gasteiger partial charge in [0.15, 0.2) is 5.13 Å². The number of nitrogens with zero attached hydrogens (tertiary/aromatic N) is 1. The smallest absolute Gasteiger partial charge is 0.257 e. The molecule has 0 radical (unpaired) electrons. The number of rotatable bonds is 7. The van der Waals surface area contributed by atoms with Crippen molar-refractivity contribution in [1.29, 1.82) is 0 Å². The molecule has 0 fully saturated rings. The number of aromatic nitrogens is 1. The van der Waals surface area contributed by atoms with Gasteiger partial charge in [0, 0.05) is 16.5 Å². The van der Waals surface area contributed by atoms with E-state index in [4.69, 9.17) is 9.47 Å². The third-order valence-electron chi connectivity index (χ3n) is 3.74. The van der Waals surface area contributed by atoms with Crippen LogP contribution in [0.25, 0.3) is 11.3 Å². The van der Waals surface area contributed by atoms with Gasteiger partial charge in [0.1, 0.15) is 11.5 Å². The highest BCUT2D eigenvalue weighted by Crippen LogP contribution is 2.32. The van der Waals surface area contributed by atoms with Crippen molar-refractivity contribution in [2.45, 2.75) is 13.3 Å². The molecule has 0 aliphatic rings. The van der Waals surface area contributed by atoms with Crippen molar-refractivity contribution in [1.82, 2.24) is 4.98 Å². The molecule has 0 spiro atoms. The summed E-state index contributed by atoms with van der Waals surface area (Å²) in [4.78, 5) is 17.0. The van der Waals surface area contributed by atoms with Crippen LogP contribution in [0.15, 0.2) is 52.3 Å². The predicted octanol–water partition coefficient (Wildman–Crippen LogP) is 5.62. The second-order valence-electron chi connectivity index (χ2n) is 5.72. The summed E-state index contributed by atoms with van der Waals surface area (Å²) >= 11 is 4.86. The molecule has 1 N–H and O–H groups in total. The molecule has 5 nitrogen and oxygen atoms in total. The number of nitrogens with one attached hydrogen (secondary N) is 1. The van der Waals surface area contributed by atoms with Gasteiger partial charge in [-0.2, -0.15) is 0 Å². The maximum Gasteiger partial charge on any atom is 0.257 e. The topological polar surface area (TPSA) is 60.5 Å². The van der Waals surface area contributed by atoms with Gasteiger partial charge in [0.05, 0.1) is 23.9 Å². The number of carbonyl (C=O) groups excluding carboxylic acids is 1. The standard InChI is InChI=1S/C20H19BrN2O3S/c1-3-9-26-15-6-4-5-14(10-15)19(24)23-20-22-17(12-27-20)13-7-8-18(25-2)16(21)11-13/h4-8,10-12H,3,9H2,1-2H3,(H,22,23,24). The van der Waals surface area contributed by atoms with Gasteiger partial charge < -0.3 is 9.47 Å². The van der Waals surface area contributed by atoms with E-state index in [0.717, 1.165) is 27.9 Å². The van der Waals surface area contributed by atoms with E-state index in [0.29, 0.717) is 23.1 Å². The van der Waals surface area contributed by atoms with Gasteiger partial charge in [-0.25, -0.2) is 4.98 Å². The Labute approximate surface area is 170 Å². The van der Waals surface area contributed by atoms with Crippen LogP contribution in [0.5, 0.6) is 11.5 Å². The van der Waals surface area contributed by atoms with Crippen LogP contribution in [-0.2, 0) is 0 Å². The molecule has 0 unspecified atom stereocenters. The average molecular weight is 447 g/mol. The maximum atomic E-state index is 12.5. The lowest BCUT2D eigenvalue weighted by Crippen LogP contribution is -2.11. The monoisotopic (exact) mass is 446 g/mol. The second kappa shape index (κ2) is 9.01. The van der Waals surface area contributed by atoms with E-state index in [1.54, 1.807) is 19.2 Å². The normalized spacial score (nSPS) is 10.5. The lowest BCUT2D eigenvalue weighted by Gasteiger charge is -2.07. The highest BCUT2D eigenvalue weighted by molar-refractivity contribution is 9.10. The van der Waals surface area contributed by atoms with Gasteiger partial charge in [-0.1, -0.05) is 13.0 Å². The Balaban J connectivity index is 1.72. The number of hydrogen-bond acceptors (Lipinski definition) is 5. The number of amides is 1.